The zero-order valence-electron chi connectivity index (χ0n) is 17.8. The predicted molar refractivity (Wildman–Crippen MR) is 127 cm³/mol. The molecule has 158 valence electrons. The van der Waals surface area contributed by atoms with Crippen LogP contribution in [0.2, 0.25) is 0 Å². The highest BCUT2D eigenvalue weighted by Gasteiger charge is 2.27. The highest BCUT2D eigenvalue weighted by atomic mass is 32.2. The average molecular weight is 433 g/mol. The molecular formula is C23H32N2O2S2. The van der Waals surface area contributed by atoms with Crippen molar-refractivity contribution < 1.29 is 9.53 Å². The zero-order valence-corrected chi connectivity index (χ0v) is 19.4. The summed E-state index contributed by atoms with van der Waals surface area (Å²) in [7, 11) is 1.66. The van der Waals surface area contributed by atoms with E-state index in [0.29, 0.717) is 13.1 Å². The molecule has 6 heteroatoms. The van der Waals surface area contributed by atoms with E-state index in [1.807, 2.05) is 55.9 Å². The molecule has 0 spiro atoms. The Balaban J connectivity index is 1.76. The molecule has 0 unspecified atom stereocenters. The van der Waals surface area contributed by atoms with Crippen LogP contribution in [0.4, 0.5) is 5.69 Å². The normalized spacial score (nSPS) is 11.2. The van der Waals surface area contributed by atoms with Gasteiger partial charge in [0.1, 0.15) is 5.75 Å². The monoisotopic (exact) mass is 432 g/mol. The predicted octanol–water partition coefficient (Wildman–Crippen LogP) is 5.44. The Morgan fingerprint density at radius 3 is 2.48 bits per heavy atom. The summed E-state index contributed by atoms with van der Waals surface area (Å²) >= 11 is 3.50. The molecule has 0 atom stereocenters. The van der Waals surface area contributed by atoms with E-state index in [1.54, 1.807) is 18.9 Å². The topological polar surface area (TPSA) is 50.4 Å². The lowest BCUT2D eigenvalue weighted by molar-refractivity contribution is -0.122. The van der Waals surface area contributed by atoms with Gasteiger partial charge in [-0.25, -0.2) is 0 Å². The third kappa shape index (κ3) is 7.86. The smallest absolute Gasteiger partial charge is 0.235 e. The number of para-hydroxylation sites is 1. The number of anilines is 1. The van der Waals surface area contributed by atoms with Crippen LogP contribution < -0.4 is 15.4 Å². The van der Waals surface area contributed by atoms with Crippen molar-refractivity contribution in [1.29, 1.82) is 0 Å². The van der Waals surface area contributed by atoms with E-state index in [9.17, 15) is 4.79 Å². The van der Waals surface area contributed by atoms with Crippen LogP contribution in [0.1, 0.15) is 32.8 Å². The third-order valence-electron chi connectivity index (χ3n) is 4.38. The van der Waals surface area contributed by atoms with Crippen molar-refractivity contribution in [2.24, 2.45) is 0 Å². The number of hydrogen-bond donors (Lipinski definition) is 2. The fraction of sp³-hybridized carbons (Fsp3) is 0.435. The molecule has 1 amide bonds. The molecule has 2 aromatic rings. The Kier molecular flexibility index (Phi) is 9.74. The summed E-state index contributed by atoms with van der Waals surface area (Å²) in [5.74, 6) is 2.80. The van der Waals surface area contributed by atoms with Crippen LogP contribution in [-0.2, 0) is 10.5 Å². The van der Waals surface area contributed by atoms with Gasteiger partial charge in [-0.3, -0.25) is 4.79 Å². The largest absolute Gasteiger partial charge is 0.497 e. The van der Waals surface area contributed by atoms with Crippen LogP contribution >= 0.6 is 23.5 Å². The first kappa shape index (κ1) is 23.5. The van der Waals surface area contributed by atoms with Crippen molar-refractivity contribution in [3.8, 4) is 5.75 Å². The standard InChI is InChI=1S/C23H32N2O2S2/c1-5-16-28-21-9-7-6-8-20(21)24-14-15-25-22(26)23(2,3)29-17-18-10-12-19(27-4)13-11-18/h6-13,24H,5,14-17H2,1-4H3,(H,25,26). The van der Waals surface area contributed by atoms with Crippen molar-refractivity contribution in [3.05, 3.63) is 54.1 Å². The molecule has 29 heavy (non-hydrogen) atoms. The number of hydrogen-bond acceptors (Lipinski definition) is 5. The lowest BCUT2D eigenvalue weighted by Crippen LogP contribution is -2.41. The zero-order chi connectivity index (χ0) is 21.1. The quantitative estimate of drug-likeness (QED) is 0.346. The van der Waals surface area contributed by atoms with E-state index in [0.717, 1.165) is 29.4 Å². The number of methoxy groups -OCH3 is 1. The molecule has 0 saturated heterocycles. The molecule has 2 N–H and O–H groups in total. The second-order valence-electron chi connectivity index (χ2n) is 7.17. The molecule has 0 saturated carbocycles. The van der Waals surface area contributed by atoms with Crippen LogP contribution in [0, 0.1) is 0 Å². The Labute approximate surface area is 183 Å². The minimum Gasteiger partial charge on any atom is -0.497 e. The highest BCUT2D eigenvalue weighted by molar-refractivity contribution is 8.00. The first-order valence-corrected chi connectivity index (χ1v) is 11.9. The maximum Gasteiger partial charge on any atom is 0.235 e. The molecule has 0 fully saturated rings. The molecule has 0 radical (unpaired) electrons. The minimum atomic E-state index is -0.491. The molecular weight excluding hydrogens is 400 g/mol. The van der Waals surface area contributed by atoms with E-state index in [-0.39, 0.29) is 5.91 Å². The van der Waals surface area contributed by atoms with E-state index < -0.39 is 4.75 Å². The summed E-state index contributed by atoms with van der Waals surface area (Å²) in [5, 5.41) is 6.50. The summed E-state index contributed by atoms with van der Waals surface area (Å²) in [4.78, 5) is 13.9. The first-order valence-electron chi connectivity index (χ1n) is 9.97. The average Bonchev–Trinajstić information content (AvgIpc) is 2.74. The van der Waals surface area contributed by atoms with E-state index in [2.05, 4.69) is 35.8 Å². The van der Waals surface area contributed by atoms with Gasteiger partial charge in [0.25, 0.3) is 0 Å². The van der Waals surface area contributed by atoms with E-state index in [4.69, 9.17) is 4.74 Å². The molecule has 0 aliphatic heterocycles. The molecule has 0 aliphatic carbocycles. The van der Waals surface area contributed by atoms with Crippen molar-refractivity contribution in [2.75, 3.05) is 31.3 Å². The van der Waals surface area contributed by atoms with Crippen LogP contribution in [0.3, 0.4) is 0 Å². The summed E-state index contributed by atoms with van der Waals surface area (Å²) in [6.45, 7) is 7.43. The SMILES string of the molecule is CCCSc1ccccc1NCCNC(=O)C(C)(C)SCc1ccc(OC)cc1. The highest BCUT2D eigenvalue weighted by Crippen LogP contribution is 2.29. The number of rotatable bonds is 12. The number of carbonyl (C=O) groups excluding carboxylic acids is 1. The molecule has 0 heterocycles. The van der Waals surface area contributed by atoms with Crippen LogP contribution in [0.5, 0.6) is 5.75 Å². The van der Waals surface area contributed by atoms with Gasteiger partial charge in [-0.2, -0.15) is 0 Å². The van der Waals surface area contributed by atoms with Gasteiger partial charge in [0.2, 0.25) is 5.91 Å². The van der Waals surface area contributed by atoms with Crippen molar-refractivity contribution >= 4 is 35.1 Å². The van der Waals surface area contributed by atoms with Gasteiger partial charge in [0.05, 0.1) is 11.9 Å². The number of ether oxygens (including phenoxy) is 1. The maximum atomic E-state index is 12.6. The van der Waals surface area contributed by atoms with Gasteiger partial charge < -0.3 is 15.4 Å². The lowest BCUT2D eigenvalue weighted by Gasteiger charge is -2.23. The lowest BCUT2D eigenvalue weighted by atomic mass is 10.2. The van der Waals surface area contributed by atoms with Crippen LogP contribution in [0.15, 0.2) is 53.4 Å². The number of amides is 1. The summed E-state index contributed by atoms with van der Waals surface area (Å²) in [6, 6.07) is 16.3. The molecule has 0 aromatic heterocycles. The minimum absolute atomic E-state index is 0.0615. The second kappa shape index (κ2) is 12.0. The van der Waals surface area contributed by atoms with Gasteiger partial charge in [-0.15, -0.1) is 23.5 Å². The first-order chi connectivity index (χ1) is 14.0. The van der Waals surface area contributed by atoms with Crippen molar-refractivity contribution in [1.82, 2.24) is 5.32 Å². The van der Waals surface area contributed by atoms with Gasteiger partial charge in [-0.1, -0.05) is 31.2 Å². The van der Waals surface area contributed by atoms with Gasteiger partial charge in [0, 0.05) is 29.4 Å². The maximum absolute atomic E-state index is 12.6. The Hall–Kier alpha value is -1.79. The van der Waals surface area contributed by atoms with Gasteiger partial charge >= 0.3 is 0 Å². The number of nitrogens with one attached hydrogen (secondary N) is 2. The molecule has 2 aromatic carbocycles. The molecule has 0 aliphatic rings. The fourth-order valence-electron chi connectivity index (χ4n) is 2.59. The Morgan fingerprint density at radius 1 is 1.07 bits per heavy atom. The molecule has 4 nitrogen and oxygen atoms in total. The van der Waals surface area contributed by atoms with Crippen LogP contribution in [-0.4, -0.2) is 36.6 Å². The van der Waals surface area contributed by atoms with Crippen molar-refractivity contribution in [3.63, 3.8) is 0 Å². The summed E-state index contributed by atoms with van der Waals surface area (Å²) in [5.41, 5.74) is 2.31. The Morgan fingerprint density at radius 2 is 1.79 bits per heavy atom. The molecule has 0 bridgehead atoms. The summed E-state index contributed by atoms with van der Waals surface area (Å²) < 4.78 is 4.70. The fourth-order valence-corrected chi connectivity index (χ4v) is 4.41. The number of thioether (sulfide) groups is 2. The van der Waals surface area contributed by atoms with Crippen LogP contribution in [0.25, 0.3) is 0 Å². The van der Waals surface area contributed by atoms with Gasteiger partial charge in [0.15, 0.2) is 0 Å². The van der Waals surface area contributed by atoms with E-state index >= 15 is 0 Å². The van der Waals surface area contributed by atoms with E-state index in [1.165, 1.54) is 10.5 Å². The third-order valence-corrected chi connectivity index (χ3v) is 7.04. The number of carbonyl (C=O) groups is 1. The number of benzene rings is 2. The second-order valence-corrected chi connectivity index (χ2v) is 9.91. The van der Waals surface area contributed by atoms with Gasteiger partial charge in [-0.05, 0) is 55.9 Å². The molecule has 2 rings (SSSR count). The summed E-state index contributed by atoms with van der Waals surface area (Å²) in [6.07, 6.45) is 1.15. The van der Waals surface area contributed by atoms with Crippen molar-refractivity contribution in [2.45, 2.75) is 42.6 Å². The Bertz CT molecular complexity index is 764.